The largest absolute Gasteiger partial charge is 0.414 e. The molecule has 0 saturated carbocycles. The molecule has 0 radical (unpaired) electrons. The fourth-order valence-electron chi connectivity index (χ4n) is 3.12. The first-order chi connectivity index (χ1) is 15.5. The van der Waals surface area contributed by atoms with Crippen LogP contribution < -0.4 is 0 Å². The van der Waals surface area contributed by atoms with Gasteiger partial charge in [0.15, 0.2) is 31.2 Å². The summed E-state index contributed by atoms with van der Waals surface area (Å²) in [6, 6.07) is 0. The molecule has 0 aromatic carbocycles. The molecular formula is C27H56O5Si3. The molecule has 0 N–H and O–H groups in total. The quantitative estimate of drug-likeness (QED) is 0.221. The van der Waals surface area contributed by atoms with E-state index in [4.69, 9.17) is 29.2 Å². The highest BCUT2D eigenvalue weighted by Crippen LogP contribution is 2.44. The zero-order chi connectivity index (χ0) is 27.7. The van der Waals surface area contributed by atoms with Crippen molar-refractivity contribution in [1.29, 1.82) is 0 Å². The fourth-order valence-corrected chi connectivity index (χ4v) is 6.81. The minimum atomic E-state index is -2.12. The smallest absolute Gasteiger partial charge is 0.192 e. The van der Waals surface area contributed by atoms with E-state index < -0.39 is 31.2 Å². The Labute approximate surface area is 220 Å². The summed E-state index contributed by atoms with van der Waals surface area (Å²) in [5, 5.41) is 0.249. The highest BCUT2D eigenvalue weighted by atomic mass is 28.4. The van der Waals surface area contributed by atoms with Crippen molar-refractivity contribution in [2.24, 2.45) is 0 Å². The Balaban J connectivity index is 3.42. The van der Waals surface area contributed by atoms with Crippen LogP contribution in [-0.4, -0.2) is 62.8 Å². The number of ether oxygens (including phenoxy) is 2. The Bertz CT molecular complexity index is 723. The monoisotopic (exact) mass is 544 g/mol. The van der Waals surface area contributed by atoms with Crippen LogP contribution in [-0.2, 0) is 22.8 Å². The summed E-state index contributed by atoms with van der Waals surface area (Å²) in [4.78, 5) is 0. The molecule has 206 valence electrons. The normalized spacial score (nSPS) is 25.4. The van der Waals surface area contributed by atoms with Crippen molar-refractivity contribution in [2.75, 3.05) is 13.2 Å². The van der Waals surface area contributed by atoms with Crippen molar-refractivity contribution >= 4 is 25.0 Å². The highest BCUT2D eigenvalue weighted by molar-refractivity contribution is 6.75. The Kier molecular flexibility index (Phi) is 10.8. The molecule has 1 saturated heterocycles. The van der Waals surface area contributed by atoms with Gasteiger partial charge in [0.05, 0.1) is 18.8 Å². The molecule has 0 amide bonds. The van der Waals surface area contributed by atoms with Gasteiger partial charge in [-0.2, -0.15) is 0 Å². The molecule has 0 spiro atoms. The zero-order valence-corrected chi connectivity index (χ0v) is 28.5. The molecule has 0 aromatic heterocycles. The standard InChI is InChI=1S/C27H56O5Si3/c1-17-18-28-23-19-21(31-34(13,14)26(5,6)7)24(32-35(15,16)27(8,9)10)22(30-23)20-29-33(11,12)25(2,3)4/h1,21-24H,18-20H2,2-16H3/t21-,22-,23+,24+/m1/s1. The highest BCUT2D eigenvalue weighted by Gasteiger charge is 2.51. The van der Waals surface area contributed by atoms with Crippen molar-refractivity contribution in [3.63, 3.8) is 0 Å². The second-order valence-electron chi connectivity index (χ2n) is 14.7. The molecule has 0 aliphatic carbocycles. The Hall–Kier alpha value is 0.0106. The van der Waals surface area contributed by atoms with E-state index in [0.717, 1.165) is 0 Å². The number of terminal acetylenes is 1. The molecule has 1 heterocycles. The lowest BCUT2D eigenvalue weighted by atomic mass is 10.0. The van der Waals surface area contributed by atoms with Crippen molar-refractivity contribution in [3.05, 3.63) is 0 Å². The minimum Gasteiger partial charge on any atom is -0.414 e. The van der Waals surface area contributed by atoms with Gasteiger partial charge in [-0.05, 0) is 54.4 Å². The first-order valence-electron chi connectivity index (χ1n) is 13.2. The van der Waals surface area contributed by atoms with Crippen molar-refractivity contribution < 1.29 is 22.8 Å². The van der Waals surface area contributed by atoms with Gasteiger partial charge in [-0.15, -0.1) is 6.42 Å². The van der Waals surface area contributed by atoms with Crippen LogP contribution in [0.5, 0.6) is 0 Å². The molecule has 1 fully saturated rings. The van der Waals surface area contributed by atoms with Gasteiger partial charge in [-0.25, -0.2) is 0 Å². The SMILES string of the molecule is C#CCO[C@@H]1C[C@@H](O[Si](C)(C)C(C)(C)C)[C@H](O[Si](C)(C)C(C)(C)C)[C@@H](CO[Si](C)(C)C(C)(C)C)O1. The first kappa shape index (κ1) is 33.0. The molecule has 35 heavy (non-hydrogen) atoms. The third-order valence-electron chi connectivity index (χ3n) is 8.74. The van der Waals surface area contributed by atoms with Crippen LogP contribution >= 0.6 is 0 Å². The van der Waals surface area contributed by atoms with Crippen LogP contribution in [0.25, 0.3) is 0 Å². The van der Waals surface area contributed by atoms with Gasteiger partial charge in [0.25, 0.3) is 0 Å². The van der Waals surface area contributed by atoms with Gasteiger partial charge in [0.1, 0.15) is 12.7 Å². The summed E-state index contributed by atoms with van der Waals surface area (Å²) in [6.45, 7) is 34.8. The third-order valence-corrected chi connectivity index (χ3v) is 22.2. The van der Waals surface area contributed by atoms with E-state index in [1.165, 1.54) is 0 Å². The van der Waals surface area contributed by atoms with Crippen LogP contribution in [0.2, 0.25) is 54.4 Å². The lowest BCUT2D eigenvalue weighted by Crippen LogP contribution is -2.61. The third kappa shape index (κ3) is 8.78. The van der Waals surface area contributed by atoms with Crippen LogP contribution in [0, 0.1) is 12.3 Å². The van der Waals surface area contributed by atoms with Crippen molar-refractivity contribution in [2.45, 2.75) is 148 Å². The first-order valence-corrected chi connectivity index (χ1v) is 21.9. The van der Waals surface area contributed by atoms with E-state index in [9.17, 15) is 0 Å². The summed E-state index contributed by atoms with van der Waals surface area (Å²) < 4.78 is 33.2. The summed E-state index contributed by atoms with van der Waals surface area (Å²) in [7, 11) is -6.19. The van der Waals surface area contributed by atoms with Gasteiger partial charge in [0, 0.05) is 6.42 Å². The topological polar surface area (TPSA) is 46.2 Å². The van der Waals surface area contributed by atoms with E-state index >= 15 is 0 Å². The average molecular weight is 545 g/mol. The predicted octanol–water partition coefficient (Wildman–Crippen LogP) is 7.55. The summed E-state index contributed by atoms with van der Waals surface area (Å²) >= 11 is 0. The summed E-state index contributed by atoms with van der Waals surface area (Å²) in [5.74, 6) is 2.58. The van der Waals surface area contributed by atoms with Crippen molar-refractivity contribution in [1.82, 2.24) is 0 Å². The molecular weight excluding hydrogens is 489 g/mol. The molecule has 8 heteroatoms. The average Bonchev–Trinajstić information content (AvgIpc) is 2.63. The molecule has 4 atom stereocenters. The van der Waals surface area contributed by atoms with E-state index in [2.05, 4.69) is 108 Å². The van der Waals surface area contributed by atoms with Crippen LogP contribution in [0.1, 0.15) is 68.7 Å². The second kappa shape index (κ2) is 11.4. The summed E-state index contributed by atoms with van der Waals surface area (Å²) in [6.07, 6.45) is 5.01. The van der Waals surface area contributed by atoms with Crippen molar-refractivity contribution in [3.8, 4) is 12.3 Å². The molecule has 1 rings (SSSR count). The Morgan fingerprint density at radius 3 is 1.66 bits per heavy atom. The molecule has 0 unspecified atom stereocenters. The van der Waals surface area contributed by atoms with Gasteiger partial charge < -0.3 is 22.8 Å². The van der Waals surface area contributed by atoms with E-state index in [0.29, 0.717) is 13.0 Å². The van der Waals surface area contributed by atoms with Gasteiger partial charge in [-0.1, -0.05) is 68.2 Å². The van der Waals surface area contributed by atoms with E-state index in [1.807, 2.05) is 0 Å². The number of hydrogen-bond donors (Lipinski definition) is 0. The lowest BCUT2D eigenvalue weighted by Gasteiger charge is -2.50. The maximum atomic E-state index is 7.08. The van der Waals surface area contributed by atoms with Crippen LogP contribution in [0.3, 0.4) is 0 Å². The van der Waals surface area contributed by atoms with Gasteiger partial charge >= 0.3 is 0 Å². The maximum absolute atomic E-state index is 7.08. The summed E-state index contributed by atoms with van der Waals surface area (Å²) in [5.41, 5.74) is 0. The predicted molar refractivity (Wildman–Crippen MR) is 155 cm³/mol. The Morgan fingerprint density at radius 1 is 0.771 bits per heavy atom. The molecule has 5 nitrogen and oxygen atoms in total. The van der Waals surface area contributed by atoms with Crippen LogP contribution in [0.15, 0.2) is 0 Å². The Morgan fingerprint density at radius 2 is 1.23 bits per heavy atom. The lowest BCUT2D eigenvalue weighted by molar-refractivity contribution is -0.246. The van der Waals surface area contributed by atoms with E-state index in [1.54, 1.807) is 0 Å². The zero-order valence-electron chi connectivity index (χ0n) is 25.5. The molecule has 1 aliphatic rings. The molecule has 1 aliphatic heterocycles. The van der Waals surface area contributed by atoms with Gasteiger partial charge in [-0.3, -0.25) is 0 Å². The fraction of sp³-hybridized carbons (Fsp3) is 0.926. The minimum absolute atomic E-state index is 0.0657. The second-order valence-corrected chi connectivity index (χ2v) is 29.0. The van der Waals surface area contributed by atoms with Gasteiger partial charge in [0.2, 0.25) is 0 Å². The molecule has 0 bridgehead atoms. The van der Waals surface area contributed by atoms with E-state index in [-0.39, 0.29) is 40.0 Å². The number of rotatable bonds is 9. The van der Waals surface area contributed by atoms with Crippen LogP contribution in [0.4, 0.5) is 0 Å². The molecule has 0 aromatic rings. The maximum Gasteiger partial charge on any atom is 0.192 e. The number of hydrogen-bond acceptors (Lipinski definition) is 5.